The summed E-state index contributed by atoms with van der Waals surface area (Å²) in [5, 5.41) is 9.47. The Kier molecular flexibility index (Phi) is 4.99. The van der Waals surface area contributed by atoms with Gasteiger partial charge < -0.3 is 0 Å². The number of nitrogens with zero attached hydrogens (tertiary/aromatic N) is 1. The predicted octanol–water partition coefficient (Wildman–Crippen LogP) is 2.19. The Morgan fingerprint density at radius 1 is 1.41 bits per heavy atom. The summed E-state index contributed by atoms with van der Waals surface area (Å²) in [5.74, 6) is -0.139. The number of carbonyl (C=O) groups excluding carboxylic acids is 1. The van der Waals surface area contributed by atoms with E-state index in [0.29, 0.717) is 5.56 Å². The molecule has 0 bridgehead atoms. The monoisotopic (exact) mass is 343 g/mol. The van der Waals surface area contributed by atoms with E-state index < -0.39 is 18.8 Å². The third-order valence-electron chi connectivity index (χ3n) is 1.81. The van der Waals surface area contributed by atoms with Crippen molar-refractivity contribution in [2.24, 2.45) is 4.99 Å². The van der Waals surface area contributed by atoms with Crippen molar-refractivity contribution in [2.45, 2.75) is 14.8 Å². The Morgan fingerprint density at radius 2 is 2.06 bits per heavy atom. The van der Waals surface area contributed by atoms with Gasteiger partial charge in [-0.15, -0.1) is 0 Å². The number of aliphatic imine (C=N–C) groups is 1. The Morgan fingerprint density at radius 3 is 2.65 bits per heavy atom. The third-order valence-corrected chi connectivity index (χ3v) is 4.21. The molecule has 0 aromatic heterocycles. The van der Waals surface area contributed by atoms with Crippen molar-refractivity contribution in [3.8, 4) is 5.75 Å². The number of aromatic hydroxyl groups is 1. The van der Waals surface area contributed by atoms with Crippen molar-refractivity contribution >= 4 is 31.0 Å². The standard InChI is InChI=1S/C9H9NO3.3CH3.Sn/c11-8-4-2-1-3-7(8)5-10-6-9(12)13;;;;/h1-5,11H,6H2,(H,12,13);3*1H3;/q;;;;+1/p-1. The first kappa shape index (κ1) is 14.0. The van der Waals surface area contributed by atoms with Crippen LogP contribution in [0.3, 0.4) is 0 Å². The van der Waals surface area contributed by atoms with Gasteiger partial charge in [-0.25, -0.2) is 0 Å². The van der Waals surface area contributed by atoms with Crippen LogP contribution in [0.25, 0.3) is 0 Å². The maximum atomic E-state index is 11.4. The molecular formula is C12H17NO3Sn. The zero-order valence-corrected chi connectivity index (χ0v) is 13.2. The van der Waals surface area contributed by atoms with Gasteiger partial charge in [0.05, 0.1) is 0 Å². The maximum absolute atomic E-state index is 11.4. The van der Waals surface area contributed by atoms with Crippen molar-refractivity contribution in [2.75, 3.05) is 6.54 Å². The number of para-hydroxylation sites is 1. The molecular weight excluding hydrogens is 325 g/mol. The SMILES string of the molecule is [CH3][Sn]([CH3])([CH3])[O]C(=O)CN=Cc1ccccc1O. The molecule has 17 heavy (non-hydrogen) atoms. The summed E-state index contributed by atoms with van der Waals surface area (Å²) in [6, 6.07) is 6.83. The number of phenols is 1. The molecule has 0 radical (unpaired) electrons. The summed E-state index contributed by atoms with van der Waals surface area (Å²) in [6.07, 6.45) is 1.48. The van der Waals surface area contributed by atoms with Crippen LogP contribution >= 0.6 is 0 Å². The van der Waals surface area contributed by atoms with Crippen LogP contribution < -0.4 is 0 Å². The minimum atomic E-state index is -2.52. The summed E-state index contributed by atoms with van der Waals surface area (Å²) >= 11 is -2.52. The molecule has 0 saturated carbocycles. The van der Waals surface area contributed by atoms with E-state index >= 15 is 0 Å². The first-order valence-electron chi connectivity index (χ1n) is 5.38. The quantitative estimate of drug-likeness (QED) is 0.674. The fourth-order valence-electron chi connectivity index (χ4n) is 1.19. The van der Waals surface area contributed by atoms with Gasteiger partial charge in [0.1, 0.15) is 0 Å². The fourth-order valence-corrected chi connectivity index (χ4v) is 3.32. The zero-order valence-electron chi connectivity index (χ0n) is 10.3. The van der Waals surface area contributed by atoms with Crippen molar-refractivity contribution in [3.63, 3.8) is 0 Å². The van der Waals surface area contributed by atoms with Crippen LogP contribution in [0.1, 0.15) is 5.56 Å². The Hall–Kier alpha value is -1.04. The fraction of sp³-hybridized carbons (Fsp3) is 0.333. The Balaban J connectivity index is 2.51. The Labute approximate surface area is 106 Å². The molecule has 1 N–H and O–H groups in total. The van der Waals surface area contributed by atoms with Crippen LogP contribution in [0.4, 0.5) is 0 Å². The van der Waals surface area contributed by atoms with Crippen molar-refractivity contribution in [3.05, 3.63) is 29.8 Å². The Bertz CT molecular complexity index is 424. The molecule has 0 heterocycles. The van der Waals surface area contributed by atoms with Gasteiger partial charge in [0.15, 0.2) is 0 Å². The van der Waals surface area contributed by atoms with E-state index in [1.54, 1.807) is 24.3 Å². The molecule has 0 aliphatic carbocycles. The first-order chi connectivity index (χ1) is 7.88. The first-order valence-corrected chi connectivity index (χ1v) is 15.1. The van der Waals surface area contributed by atoms with E-state index in [-0.39, 0.29) is 18.3 Å². The molecule has 0 spiro atoms. The number of carbonyl (C=O) groups is 1. The van der Waals surface area contributed by atoms with Gasteiger partial charge in [0.25, 0.3) is 0 Å². The van der Waals surface area contributed by atoms with Gasteiger partial charge in [-0.1, -0.05) is 0 Å². The topological polar surface area (TPSA) is 58.9 Å². The van der Waals surface area contributed by atoms with E-state index in [0.717, 1.165) is 0 Å². The molecule has 0 amide bonds. The summed E-state index contributed by atoms with van der Waals surface area (Å²) in [4.78, 5) is 21.4. The van der Waals surface area contributed by atoms with Gasteiger partial charge >= 0.3 is 106 Å². The molecule has 0 unspecified atom stereocenters. The van der Waals surface area contributed by atoms with Crippen LogP contribution in [0.5, 0.6) is 5.75 Å². The van der Waals surface area contributed by atoms with Gasteiger partial charge in [0.2, 0.25) is 0 Å². The third kappa shape index (κ3) is 5.72. The van der Waals surface area contributed by atoms with Gasteiger partial charge in [-0.05, 0) is 0 Å². The van der Waals surface area contributed by atoms with Crippen molar-refractivity contribution in [1.29, 1.82) is 0 Å². The summed E-state index contributed by atoms with van der Waals surface area (Å²) in [6.45, 7) is 0.00250. The minimum absolute atomic E-state index is 0.00250. The molecule has 0 fully saturated rings. The summed E-state index contributed by atoms with van der Waals surface area (Å²) < 4.78 is 5.30. The molecule has 0 atom stereocenters. The van der Waals surface area contributed by atoms with Crippen LogP contribution in [0.15, 0.2) is 29.3 Å². The van der Waals surface area contributed by atoms with Crippen LogP contribution in [-0.4, -0.2) is 42.6 Å². The summed E-state index contributed by atoms with van der Waals surface area (Å²) in [7, 11) is 0. The average molecular weight is 342 g/mol. The second-order valence-corrected chi connectivity index (χ2v) is 17.3. The molecule has 1 aromatic carbocycles. The van der Waals surface area contributed by atoms with Gasteiger partial charge in [-0.2, -0.15) is 0 Å². The molecule has 0 saturated heterocycles. The zero-order chi connectivity index (χ0) is 12.9. The van der Waals surface area contributed by atoms with E-state index in [4.69, 9.17) is 3.07 Å². The van der Waals surface area contributed by atoms with Crippen LogP contribution in [0, 0.1) is 0 Å². The molecule has 92 valence electrons. The van der Waals surface area contributed by atoms with E-state index in [1.165, 1.54) is 6.21 Å². The molecule has 4 nitrogen and oxygen atoms in total. The van der Waals surface area contributed by atoms with Crippen molar-refractivity contribution < 1.29 is 13.0 Å². The predicted molar refractivity (Wildman–Crippen MR) is 70.0 cm³/mol. The average Bonchev–Trinajstić information content (AvgIpc) is 2.18. The second kappa shape index (κ2) is 6.04. The van der Waals surface area contributed by atoms with E-state index in [2.05, 4.69) is 4.99 Å². The van der Waals surface area contributed by atoms with Crippen molar-refractivity contribution in [1.82, 2.24) is 0 Å². The summed E-state index contributed by atoms with van der Waals surface area (Å²) in [5.41, 5.74) is 0.597. The van der Waals surface area contributed by atoms with Gasteiger partial charge in [0, 0.05) is 0 Å². The van der Waals surface area contributed by atoms with Crippen LogP contribution in [-0.2, 0) is 7.87 Å². The van der Waals surface area contributed by atoms with E-state index in [1.807, 2.05) is 14.8 Å². The second-order valence-electron chi connectivity index (χ2n) is 4.62. The molecule has 0 aliphatic heterocycles. The van der Waals surface area contributed by atoms with Crippen LogP contribution in [0.2, 0.25) is 14.8 Å². The number of phenolic OH excluding ortho intramolecular Hbond substituents is 1. The number of hydrogen-bond acceptors (Lipinski definition) is 4. The normalized spacial score (nSPS) is 11.7. The van der Waals surface area contributed by atoms with Gasteiger partial charge in [-0.3, -0.25) is 0 Å². The number of benzene rings is 1. The number of hydrogen-bond donors (Lipinski definition) is 1. The molecule has 1 aromatic rings. The number of rotatable bonds is 4. The molecule has 0 aliphatic rings. The molecule has 1 rings (SSSR count). The molecule has 5 heteroatoms. The van der Waals surface area contributed by atoms with E-state index in [9.17, 15) is 9.90 Å².